The maximum atomic E-state index is 5.88. The van der Waals surface area contributed by atoms with Crippen molar-refractivity contribution in [2.24, 2.45) is 17.7 Å². The Morgan fingerprint density at radius 1 is 1.47 bits per heavy atom. The van der Waals surface area contributed by atoms with Crippen LogP contribution in [0.25, 0.3) is 0 Å². The molecule has 0 spiro atoms. The molecule has 1 aliphatic heterocycles. The summed E-state index contributed by atoms with van der Waals surface area (Å²) in [6.07, 6.45) is 3.42. The Kier molecular flexibility index (Phi) is 4.14. The van der Waals surface area contributed by atoms with E-state index >= 15 is 0 Å². The van der Waals surface area contributed by atoms with Crippen molar-refractivity contribution < 1.29 is 4.74 Å². The van der Waals surface area contributed by atoms with Crippen LogP contribution in [-0.4, -0.2) is 23.2 Å². The molecule has 2 rings (SSSR count). The average molecular weight is 255 g/mol. The van der Waals surface area contributed by atoms with Gasteiger partial charge >= 0.3 is 0 Å². The molecule has 96 valence electrons. The zero-order valence-electron chi connectivity index (χ0n) is 10.6. The summed E-state index contributed by atoms with van der Waals surface area (Å²) in [5.41, 5.74) is 4.83. The van der Waals surface area contributed by atoms with E-state index in [0.29, 0.717) is 17.9 Å². The third-order valence-corrected chi connectivity index (χ3v) is 4.70. The van der Waals surface area contributed by atoms with Crippen molar-refractivity contribution in [1.82, 2.24) is 10.4 Å². The van der Waals surface area contributed by atoms with Gasteiger partial charge in [-0.25, -0.2) is 0 Å². The number of hydrogen-bond donors (Lipinski definition) is 2. The Balaban J connectivity index is 2.07. The summed E-state index contributed by atoms with van der Waals surface area (Å²) in [5, 5.41) is 0. The maximum absolute atomic E-state index is 5.88. The molecule has 1 aliphatic rings. The van der Waals surface area contributed by atoms with Crippen LogP contribution in [-0.2, 0) is 11.2 Å². The fraction of sp³-hybridized carbons (Fsp3) is 0.750. The van der Waals surface area contributed by atoms with Crippen molar-refractivity contribution in [2.75, 3.05) is 0 Å². The molecule has 2 heterocycles. The molecule has 0 aromatic carbocycles. The van der Waals surface area contributed by atoms with Gasteiger partial charge in [0, 0.05) is 29.5 Å². The van der Waals surface area contributed by atoms with E-state index in [1.165, 1.54) is 4.88 Å². The highest BCUT2D eigenvalue weighted by Gasteiger charge is 2.41. The van der Waals surface area contributed by atoms with Crippen LogP contribution in [0.2, 0.25) is 0 Å². The zero-order chi connectivity index (χ0) is 12.4. The lowest BCUT2D eigenvalue weighted by Gasteiger charge is -2.27. The molecule has 0 amide bonds. The fourth-order valence-electron chi connectivity index (χ4n) is 2.85. The topological polar surface area (TPSA) is 60.2 Å². The summed E-state index contributed by atoms with van der Waals surface area (Å²) in [4.78, 5) is 5.38. The minimum absolute atomic E-state index is 0.255. The zero-order valence-corrected chi connectivity index (χ0v) is 11.4. The van der Waals surface area contributed by atoms with Gasteiger partial charge in [-0.2, -0.15) is 0 Å². The van der Waals surface area contributed by atoms with Gasteiger partial charge < -0.3 is 4.74 Å². The highest BCUT2D eigenvalue weighted by atomic mass is 32.1. The SMILES string of the molecule is CC1OC(C)C(C(Cc2cncs2)NN)C1C. The number of thiazole rings is 1. The summed E-state index contributed by atoms with van der Waals surface area (Å²) >= 11 is 1.68. The van der Waals surface area contributed by atoms with Crippen molar-refractivity contribution >= 4 is 11.3 Å². The van der Waals surface area contributed by atoms with Crippen LogP contribution in [0.15, 0.2) is 11.7 Å². The maximum Gasteiger partial charge on any atom is 0.0794 e. The van der Waals surface area contributed by atoms with Crippen molar-refractivity contribution in [3.05, 3.63) is 16.6 Å². The van der Waals surface area contributed by atoms with Gasteiger partial charge in [0.05, 0.1) is 17.7 Å². The van der Waals surface area contributed by atoms with E-state index in [-0.39, 0.29) is 12.1 Å². The summed E-state index contributed by atoms with van der Waals surface area (Å²) in [6, 6.07) is 0.255. The summed E-state index contributed by atoms with van der Waals surface area (Å²) < 4.78 is 5.88. The van der Waals surface area contributed by atoms with Crippen LogP contribution < -0.4 is 11.3 Å². The first-order valence-electron chi connectivity index (χ1n) is 6.12. The van der Waals surface area contributed by atoms with E-state index in [1.807, 2.05) is 11.7 Å². The van der Waals surface area contributed by atoms with Crippen LogP contribution in [0.4, 0.5) is 0 Å². The fourth-order valence-corrected chi connectivity index (χ4v) is 3.51. The molecule has 17 heavy (non-hydrogen) atoms. The predicted octanol–water partition coefficient (Wildman–Crippen LogP) is 1.58. The van der Waals surface area contributed by atoms with Gasteiger partial charge in [-0.15, -0.1) is 11.3 Å². The Labute approximate surface area is 107 Å². The van der Waals surface area contributed by atoms with Crippen LogP contribution in [0, 0.1) is 11.8 Å². The number of nitrogens with two attached hydrogens (primary N) is 1. The lowest BCUT2D eigenvalue weighted by molar-refractivity contribution is 0.0476. The third-order valence-electron chi connectivity index (χ3n) is 3.90. The number of hydrogen-bond acceptors (Lipinski definition) is 5. The molecule has 5 atom stereocenters. The van der Waals surface area contributed by atoms with Gasteiger partial charge in [-0.3, -0.25) is 16.3 Å². The molecule has 1 saturated heterocycles. The lowest BCUT2D eigenvalue weighted by atomic mass is 9.82. The monoisotopic (exact) mass is 255 g/mol. The largest absolute Gasteiger partial charge is 0.375 e. The normalized spacial score (nSPS) is 35.1. The second kappa shape index (κ2) is 5.44. The van der Waals surface area contributed by atoms with Crippen LogP contribution >= 0.6 is 11.3 Å². The standard InChI is InChI=1S/C12H21N3OS/c1-7-8(2)16-9(3)12(7)11(15-13)4-10-5-14-6-17-10/h5-9,11-12,15H,4,13H2,1-3H3. The second-order valence-electron chi connectivity index (χ2n) is 4.93. The Hall–Kier alpha value is -0.490. The number of aromatic nitrogens is 1. The minimum Gasteiger partial charge on any atom is -0.375 e. The van der Waals surface area contributed by atoms with Crippen molar-refractivity contribution in [3.63, 3.8) is 0 Å². The number of ether oxygens (including phenoxy) is 1. The van der Waals surface area contributed by atoms with E-state index in [1.54, 1.807) is 11.3 Å². The number of nitrogens with one attached hydrogen (secondary N) is 1. The first-order valence-corrected chi connectivity index (χ1v) is 7.00. The van der Waals surface area contributed by atoms with Crippen LogP contribution in [0.3, 0.4) is 0 Å². The van der Waals surface area contributed by atoms with Crippen molar-refractivity contribution in [3.8, 4) is 0 Å². The molecule has 1 aromatic rings. The molecule has 0 bridgehead atoms. The summed E-state index contributed by atoms with van der Waals surface area (Å²) in [7, 11) is 0. The summed E-state index contributed by atoms with van der Waals surface area (Å²) in [5.74, 6) is 6.70. The van der Waals surface area contributed by atoms with Gasteiger partial charge in [-0.1, -0.05) is 6.92 Å². The molecule has 5 unspecified atom stereocenters. The van der Waals surface area contributed by atoms with Gasteiger partial charge in [0.1, 0.15) is 0 Å². The van der Waals surface area contributed by atoms with Gasteiger partial charge in [-0.05, 0) is 19.8 Å². The molecule has 0 radical (unpaired) electrons. The quantitative estimate of drug-likeness (QED) is 0.633. The molecule has 1 fully saturated rings. The second-order valence-corrected chi connectivity index (χ2v) is 5.90. The van der Waals surface area contributed by atoms with E-state index in [0.717, 1.165) is 6.42 Å². The number of hydrazine groups is 1. The van der Waals surface area contributed by atoms with Crippen LogP contribution in [0.5, 0.6) is 0 Å². The smallest absolute Gasteiger partial charge is 0.0794 e. The van der Waals surface area contributed by atoms with Crippen molar-refractivity contribution in [1.29, 1.82) is 0 Å². The van der Waals surface area contributed by atoms with E-state index in [4.69, 9.17) is 10.6 Å². The molecule has 0 aliphatic carbocycles. The lowest BCUT2D eigenvalue weighted by Crippen LogP contribution is -2.46. The average Bonchev–Trinajstić information content (AvgIpc) is 2.87. The molecule has 0 saturated carbocycles. The first-order chi connectivity index (χ1) is 8.13. The van der Waals surface area contributed by atoms with E-state index in [9.17, 15) is 0 Å². The first kappa shape index (κ1) is 13.0. The molecular weight excluding hydrogens is 234 g/mol. The Bertz CT molecular complexity index is 344. The Morgan fingerprint density at radius 3 is 2.71 bits per heavy atom. The minimum atomic E-state index is 0.255. The van der Waals surface area contributed by atoms with Gasteiger partial charge in [0.15, 0.2) is 0 Å². The highest BCUT2D eigenvalue weighted by Crippen LogP contribution is 2.35. The van der Waals surface area contributed by atoms with Crippen molar-refractivity contribution in [2.45, 2.75) is 45.4 Å². The molecule has 3 N–H and O–H groups in total. The van der Waals surface area contributed by atoms with E-state index in [2.05, 4.69) is 31.2 Å². The van der Waals surface area contributed by atoms with Gasteiger partial charge in [0.2, 0.25) is 0 Å². The van der Waals surface area contributed by atoms with E-state index < -0.39 is 0 Å². The summed E-state index contributed by atoms with van der Waals surface area (Å²) in [6.45, 7) is 6.53. The molecule has 4 nitrogen and oxygen atoms in total. The predicted molar refractivity (Wildman–Crippen MR) is 69.6 cm³/mol. The Morgan fingerprint density at radius 2 is 2.24 bits per heavy atom. The highest BCUT2D eigenvalue weighted by molar-refractivity contribution is 7.09. The molecular formula is C12H21N3OS. The van der Waals surface area contributed by atoms with Gasteiger partial charge in [0.25, 0.3) is 0 Å². The molecule has 5 heteroatoms. The van der Waals surface area contributed by atoms with Crippen LogP contribution in [0.1, 0.15) is 25.6 Å². The number of rotatable bonds is 4. The molecule has 1 aromatic heterocycles. The number of nitrogens with zero attached hydrogens (tertiary/aromatic N) is 1. The third kappa shape index (κ3) is 2.68.